The molecule has 1 atom stereocenters. The molecule has 9 nitrogen and oxygen atoms in total. The van der Waals surface area contributed by atoms with Crippen LogP contribution in [0.3, 0.4) is 0 Å². The lowest BCUT2D eigenvalue weighted by molar-refractivity contribution is -0.134. The first-order chi connectivity index (χ1) is 14.9. The van der Waals surface area contributed by atoms with Gasteiger partial charge in [-0.15, -0.1) is 0 Å². The second kappa shape index (κ2) is 10.3. The van der Waals surface area contributed by atoms with E-state index in [9.17, 15) is 9.59 Å². The zero-order chi connectivity index (χ0) is 22.4. The number of piperazine rings is 1. The number of carbonyl (C=O) groups is 2. The smallest absolute Gasteiger partial charge is 0.237 e. The zero-order valence-electron chi connectivity index (χ0n) is 18.6. The Morgan fingerprint density at radius 1 is 1.29 bits per heavy atom. The van der Waals surface area contributed by atoms with Crippen LogP contribution in [-0.2, 0) is 22.7 Å². The van der Waals surface area contributed by atoms with Crippen LogP contribution >= 0.6 is 0 Å². The van der Waals surface area contributed by atoms with E-state index in [0.717, 1.165) is 17.0 Å². The lowest BCUT2D eigenvalue weighted by Crippen LogP contribution is -2.56. The van der Waals surface area contributed by atoms with Crippen molar-refractivity contribution in [2.24, 2.45) is 0 Å². The molecule has 0 unspecified atom stereocenters. The number of rotatable bonds is 9. The molecule has 1 fully saturated rings. The molecule has 0 spiro atoms. The molecule has 9 heteroatoms. The summed E-state index contributed by atoms with van der Waals surface area (Å²) in [5, 5.41) is 10.2. The van der Waals surface area contributed by atoms with Crippen LogP contribution in [0.25, 0.3) is 0 Å². The quantitative estimate of drug-likeness (QED) is 0.618. The number of ether oxygens (including phenoxy) is 2. The predicted octanol–water partition coefficient (Wildman–Crippen LogP) is 1.02. The van der Waals surface area contributed by atoms with Crippen molar-refractivity contribution < 1.29 is 19.1 Å². The van der Waals surface area contributed by atoms with Gasteiger partial charge in [0.1, 0.15) is 0 Å². The molecule has 2 N–H and O–H groups in total. The number of nitrogens with zero attached hydrogens (tertiary/aromatic N) is 3. The SMILES string of the molecule is COc1cccc(CN2CCNC(=O)[C@@H]2CC(=O)NCCn2nc(C)cc2C)c1OC. The molecule has 3 rings (SSSR count). The molecule has 0 saturated carbocycles. The van der Waals surface area contributed by atoms with Gasteiger partial charge < -0.3 is 20.1 Å². The van der Waals surface area contributed by atoms with E-state index in [0.29, 0.717) is 44.2 Å². The van der Waals surface area contributed by atoms with Crippen LogP contribution < -0.4 is 20.1 Å². The Bertz CT molecular complexity index is 927. The number of amides is 2. The van der Waals surface area contributed by atoms with Crippen molar-refractivity contribution in [3.05, 3.63) is 41.2 Å². The number of hydrogen-bond donors (Lipinski definition) is 2. The number of carbonyl (C=O) groups excluding carboxylic acids is 2. The first-order valence-electron chi connectivity index (χ1n) is 10.4. The van der Waals surface area contributed by atoms with Crippen molar-refractivity contribution in [3.63, 3.8) is 0 Å². The predicted molar refractivity (Wildman–Crippen MR) is 116 cm³/mol. The molecule has 1 aliphatic rings. The minimum Gasteiger partial charge on any atom is -0.493 e. The molecule has 0 radical (unpaired) electrons. The van der Waals surface area contributed by atoms with Crippen LogP contribution in [0.5, 0.6) is 11.5 Å². The Kier molecular flexibility index (Phi) is 7.51. The molecule has 168 valence electrons. The summed E-state index contributed by atoms with van der Waals surface area (Å²) in [7, 11) is 3.19. The highest BCUT2D eigenvalue weighted by molar-refractivity contribution is 5.88. The summed E-state index contributed by atoms with van der Waals surface area (Å²) < 4.78 is 12.8. The highest BCUT2D eigenvalue weighted by Crippen LogP contribution is 2.32. The summed E-state index contributed by atoms with van der Waals surface area (Å²) in [6.45, 7) is 6.65. The standard InChI is InChI=1S/C22H31N5O4/c1-15-12-16(2)27(25-15)11-9-23-20(28)13-18-22(29)24-8-10-26(18)14-17-6-5-7-19(30-3)21(17)31-4/h5-7,12,18H,8-11,13-14H2,1-4H3,(H,23,28)(H,24,29)/t18-/m0/s1. The van der Waals surface area contributed by atoms with Gasteiger partial charge in [0, 0.05) is 37.4 Å². The maximum Gasteiger partial charge on any atom is 0.237 e. The second-order valence-electron chi connectivity index (χ2n) is 7.63. The van der Waals surface area contributed by atoms with E-state index < -0.39 is 6.04 Å². The van der Waals surface area contributed by atoms with Gasteiger partial charge in [-0.1, -0.05) is 12.1 Å². The molecule has 1 aromatic heterocycles. The van der Waals surface area contributed by atoms with Crippen molar-refractivity contribution in [1.82, 2.24) is 25.3 Å². The molecule has 1 aliphatic heterocycles. The molecule has 1 aromatic carbocycles. The molecule has 1 saturated heterocycles. The van der Waals surface area contributed by atoms with E-state index in [4.69, 9.17) is 9.47 Å². The van der Waals surface area contributed by atoms with E-state index in [1.165, 1.54) is 0 Å². The van der Waals surface area contributed by atoms with E-state index in [2.05, 4.69) is 15.7 Å². The fourth-order valence-corrected chi connectivity index (χ4v) is 3.92. The first kappa shape index (κ1) is 22.6. The average molecular weight is 430 g/mol. The van der Waals surface area contributed by atoms with Gasteiger partial charge in [0.25, 0.3) is 0 Å². The Balaban J connectivity index is 1.62. The minimum atomic E-state index is -0.543. The highest BCUT2D eigenvalue weighted by Gasteiger charge is 2.32. The molecular weight excluding hydrogens is 398 g/mol. The normalized spacial score (nSPS) is 16.6. The molecular formula is C22H31N5O4. The molecule has 2 heterocycles. The van der Waals surface area contributed by atoms with Crippen molar-refractivity contribution in [2.75, 3.05) is 33.9 Å². The van der Waals surface area contributed by atoms with Gasteiger partial charge in [-0.05, 0) is 26.0 Å². The number of benzene rings is 1. The lowest BCUT2D eigenvalue weighted by Gasteiger charge is -2.35. The van der Waals surface area contributed by atoms with Crippen molar-refractivity contribution in [3.8, 4) is 11.5 Å². The van der Waals surface area contributed by atoms with Gasteiger partial charge in [0.15, 0.2) is 11.5 Å². The number of nitrogens with one attached hydrogen (secondary N) is 2. The van der Waals surface area contributed by atoms with E-state index >= 15 is 0 Å². The number of hydrogen-bond acceptors (Lipinski definition) is 6. The monoisotopic (exact) mass is 429 g/mol. The van der Waals surface area contributed by atoms with Gasteiger partial charge in [0.05, 0.1) is 38.9 Å². The summed E-state index contributed by atoms with van der Waals surface area (Å²) >= 11 is 0. The van der Waals surface area contributed by atoms with Crippen LogP contribution in [0, 0.1) is 13.8 Å². The number of para-hydroxylation sites is 1. The maximum atomic E-state index is 12.6. The first-order valence-corrected chi connectivity index (χ1v) is 10.4. The minimum absolute atomic E-state index is 0.0925. The number of methoxy groups -OCH3 is 2. The third-order valence-corrected chi connectivity index (χ3v) is 5.43. The van der Waals surface area contributed by atoms with Gasteiger partial charge in [0.2, 0.25) is 11.8 Å². The van der Waals surface area contributed by atoms with Crippen LogP contribution in [0.15, 0.2) is 24.3 Å². The summed E-state index contributed by atoms with van der Waals surface area (Å²) in [6.07, 6.45) is 0.0925. The van der Waals surface area contributed by atoms with Gasteiger partial charge in [-0.3, -0.25) is 19.2 Å². The van der Waals surface area contributed by atoms with Crippen LogP contribution in [0.1, 0.15) is 23.4 Å². The Morgan fingerprint density at radius 2 is 2.10 bits per heavy atom. The molecule has 31 heavy (non-hydrogen) atoms. The summed E-state index contributed by atoms with van der Waals surface area (Å²) in [5.74, 6) is 0.983. The Labute approximate surface area is 182 Å². The van der Waals surface area contributed by atoms with Crippen molar-refractivity contribution in [2.45, 2.75) is 39.4 Å². The molecule has 2 aromatic rings. The molecule has 0 bridgehead atoms. The topological polar surface area (TPSA) is 97.7 Å². The lowest BCUT2D eigenvalue weighted by atomic mass is 10.1. The summed E-state index contributed by atoms with van der Waals surface area (Å²) in [5.41, 5.74) is 2.91. The van der Waals surface area contributed by atoms with Gasteiger partial charge in [-0.2, -0.15) is 5.10 Å². The van der Waals surface area contributed by atoms with E-state index in [1.54, 1.807) is 14.2 Å². The molecule has 0 aliphatic carbocycles. The summed E-state index contributed by atoms with van der Waals surface area (Å²) in [4.78, 5) is 27.1. The fourth-order valence-electron chi connectivity index (χ4n) is 3.92. The number of aromatic nitrogens is 2. The van der Waals surface area contributed by atoms with Crippen LogP contribution in [0.2, 0.25) is 0 Å². The van der Waals surface area contributed by atoms with E-state index in [1.807, 2.05) is 47.7 Å². The van der Waals surface area contributed by atoms with Gasteiger partial charge in [-0.25, -0.2) is 0 Å². The largest absolute Gasteiger partial charge is 0.493 e. The Morgan fingerprint density at radius 3 is 2.77 bits per heavy atom. The van der Waals surface area contributed by atoms with Crippen molar-refractivity contribution in [1.29, 1.82) is 0 Å². The van der Waals surface area contributed by atoms with E-state index in [-0.39, 0.29) is 18.2 Å². The maximum absolute atomic E-state index is 12.6. The second-order valence-corrected chi connectivity index (χ2v) is 7.63. The zero-order valence-corrected chi connectivity index (χ0v) is 18.6. The third kappa shape index (κ3) is 5.55. The third-order valence-electron chi connectivity index (χ3n) is 5.43. The summed E-state index contributed by atoms with van der Waals surface area (Å²) in [6, 6.07) is 7.12. The van der Waals surface area contributed by atoms with Gasteiger partial charge >= 0.3 is 0 Å². The fraction of sp³-hybridized carbons (Fsp3) is 0.500. The number of aryl methyl sites for hydroxylation is 2. The van der Waals surface area contributed by atoms with Crippen molar-refractivity contribution >= 4 is 11.8 Å². The Hall–Kier alpha value is -3.07. The van der Waals surface area contributed by atoms with Crippen LogP contribution in [0.4, 0.5) is 0 Å². The average Bonchev–Trinajstić information content (AvgIpc) is 3.07. The molecule has 2 amide bonds. The highest BCUT2D eigenvalue weighted by atomic mass is 16.5. The van der Waals surface area contributed by atoms with Crippen LogP contribution in [-0.4, -0.2) is 66.4 Å².